The number of carbonyl (C=O) groups excluding carboxylic acids is 1. The van der Waals surface area contributed by atoms with Gasteiger partial charge in [-0.15, -0.1) is 6.42 Å². The number of benzene rings is 1. The van der Waals surface area contributed by atoms with E-state index in [1.807, 2.05) is 13.8 Å². The van der Waals surface area contributed by atoms with Gasteiger partial charge < -0.3 is 9.84 Å². The lowest BCUT2D eigenvalue weighted by atomic mass is 10.2. The van der Waals surface area contributed by atoms with E-state index < -0.39 is 5.91 Å². The van der Waals surface area contributed by atoms with Crippen LogP contribution >= 0.6 is 15.9 Å². The largest absolute Gasteiger partial charge is 0.508 e. The number of nitrogens with one attached hydrogen (secondary N) is 1. The molecule has 0 unspecified atom stereocenters. The number of terminal acetylenes is 1. The predicted molar refractivity (Wildman–Crippen MR) is 99.6 cm³/mol. The van der Waals surface area contributed by atoms with Crippen molar-refractivity contribution in [2.24, 2.45) is 0 Å². The number of aromatic nitrogens is 1. The predicted octanol–water partition coefficient (Wildman–Crippen LogP) is 3.04. The molecule has 6 nitrogen and oxygen atoms in total. The molecule has 0 aliphatic rings. The number of amides is 1. The molecule has 1 heterocycles. The second-order valence-corrected chi connectivity index (χ2v) is 5.86. The molecule has 130 valence electrons. The van der Waals surface area contributed by atoms with E-state index >= 15 is 0 Å². The average molecular weight is 404 g/mol. The Morgan fingerprint density at radius 2 is 2.12 bits per heavy atom. The molecule has 1 amide bonds. The number of aryl methyl sites for hydroxylation is 1. The number of nitrogens with zero attached hydrogens (tertiary/aromatic N) is 2. The maximum absolute atomic E-state index is 12.8. The van der Waals surface area contributed by atoms with Crippen LogP contribution in [0.25, 0.3) is 0 Å². The van der Waals surface area contributed by atoms with Crippen LogP contribution in [0.5, 0.6) is 11.5 Å². The maximum atomic E-state index is 12.8. The van der Waals surface area contributed by atoms with Crippen molar-refractivity contribution in [3.05, 3.63) is 46.2 Å². The summed E-state index contributed by atoms with van der Waals surface area (Å²) in [4.78, 5) is 17.0. The molecule has 2 N–H and O–H groups in total. The van der Waals surface area contributed by atoms with Gasteiger partial charge >= 0.3 is 0 Å². The van der Waals surface area contributed by atoms with Crippen LogP contribution in [0.4, 0.5) is 5.69 Å². The van der Waals surface area contributed by atoms with E-state index in [0.29, 0.717) is 22.6 Å². The number of hydrogen-bond acceptors (Lipinski definition) is 5. The van der Waals surface area contributed by atoms with Crippen LogP contribution in [-0.4, -0.2) is 29.1 Å². The lowest BCUT2D eigenvalue weighted by Gasteiger charge is -2.24. The van der Waals surface area contributed by atoms with Gasteiger partial charge in [0, 0.05) is 11.8 Å². The molecule has 0 atom stereocenters. The van der Waals surface area contributed by atoms with Gasteiger partial charge in [-0.05, 0) is 54.0 Å². The highest BCUT2D eigenvalue weighted by Crippen LogP contribution is 2.27. The molecule has 0 spiro atoms. The number of phenolic OH excluding ortho intramolecular Hbond substituents is 1. The molecule has 7 heteroatoms. The summed E-state index contributed by atoms with van der Waals surface area (Å²) in [6.45, 7) is 4.22. The van der Waals surface area contributed by atoms with Crippen molar-refractivity contribution in [1.82, 2.24) is 10.4 Å². The molecule has 0 saturated carbocycles. The fourth-order valence-corrected chi connectivity index (χ4v) is 2.83. The Morgan fingerprint density at radius 3 is 2.72 bits per heavy atom. The van der Waals surface area contributed by atoms with Gasteiger partial charge in [0.05, 0.1) is 18.8 Å². The standard InChI is InChI=1S/C18H18BrN3O3/c1-4-10-22(13-6-8-14(23)9-7-13)21-18(24)16-15(25-5-2)11-12(3)20-17(16)19/h1,6-9,11,23H,5,10H2,2-3H3,(H,21,24). The summed E-state index contributed by atoms with van der Waals surface area (Å²) in [5.74, 6) is 2.64. The van der Waals surface area contributed by atoms with Crippen molar-refractivity contribution >= 4 is 27.5 Å². The van der Waals surface area contributed by atoms with E-state index in [4.69, 9.17) is 11.2 Å². The Hall–Kier alpha value is -2.72. The van der Waals surface area contributed by atoms with Crippen LogP contribution < -0.4 is 15.2 Å². The Balaban J connectivity index is 2.33. The average Bonchev–Trinajstić information content (AvgIpc) is 2.55. The third-order valence-corrected chi connectivity index (χ3v) is 3.82. The van der Waals surface area contributed by atoms with Crippen LogP contribution in [0.2, 0.25) is 0 Å². The molecule has 2 rings (SSSR count). The van der Waals surface area contributed by atoms with Gasteiger partial charge in [-0.25, -0.2) is 4.98 Å². The number of halogens is 1. The minimum atomic E-state index is -0.411. The third kappa shape index (κ3) is 4.64. The van der Waals surface area contributed by atoms with Gasteiger partial charge in [0.25, 0.3) is 5.91 Å². The Kier molecular flexibility index (Phi) is 6.25. The Morgan fingerprint density at radius 1 is 1.44 bits per heavy atom. The molecule has 2 aromatic rings. The normalized spacial score (nSPS) is 10.0. The number of ether oxygens (including phenoxy) is 1. The summed E-state index contributed by atoms with van der Waals surface area (Å²) in [6.07, 6.45) is 5.40. The van der Waals surface area contributed by atoms with E-state index in [2.05, 4.69) is 32.3 Å². The Labute approximate surface area is 154 Å². The molecule has 25 heavy (non-hydrogen) atoms. The molecule has 0 bridgehead atoms. The number of anilines is 1. The fourth-order valence-electron chi connectivity index (χ4n) is 2.18. The van der Waals surface area contributed by atoms with Crippen molar-refractivity contribution in [1.29, 1.82) is 0 Å². The van der Waals surface area contributed by atoms with E-state index in [0.717, 1.165) is 5.69 Å². The van der Waals surface area contributed by atoms with Crippen LogP contribution in [0.3, 0.4) is 0 Å². The zero-order chi connectivity index (χ0) is 18.4. The van der Waals surface area contributed by atoms with E-state index in [-0.39, 0.29) is 17.9 Å². The quantitative estimate of drug-likeness (QED) is 0.440. The molecular formula is C18H18BrN3O3. The molecular weight excluding hydrogens is 386 g/mol. The fraction of sp³-hybridized carbons (Fsp3) is 0.222. The summed E-state index contributed by atoms with van der Waals surface area (Å²) in [7, 11) is 0. The zero-order valence-corrected chi connectivity index (χ0v) is 15.5. The number of aromatic hydroxyl groups is 1. The van der Waals surface area contributed by atoms with Gasteiger partial charge in [0.2, 0.25) is 0 Å². The second kappa shape index (κ2) is 8.40. The third-order valence-electron chi connectivity index (χ3n) is 3.24. The van der Waals surface area contributed by atoms with Crippen molar-refractivity contribution in [2.75, 3.05) is 18.2 Å². The number of carbonyl (C=O) groups is 1. The van der Waals surface area contributed by atoms with Crippen molar-refractivity contribution in [3.63, 3.8) is 0 Å². The molecule has 0 radical (unpaired) electrons. The zero-order valence-electron chi connectivity index (χ0n) is 13.9. The van der Waals surface area contributed by atoms with Gasteiger partial charge in [-0.2, -0.15) is 0 Å². The monoisotopic (exact) mass is 403 g/mol. The van der Waals surface area contributed by atoms with Gasteiger partial charge in [-0.3, -0.25) is 15.2 Å². The van der Waals surface area contributed by atoms with Crippen LogP contribution in [0.1, 0.15) is 23.0 Å². The number of hydrazine groups is 1. The first-order chi connectivity index (χ1) is 12.0. The smallest absolute Gasteiger partial charge is 0.276 e. The highest BCUT2D eigenvalue weighted by atomic mass is 79.9. The molecule has 0 fully saturated rings. The minimum absolute atomic E-state index is 0.125. The summed E-state index contributed by atoms with van der Waals surface area (Å²) in [6, 6.07) is 8.03. The lowest BCUT2D eigenvalue weighted by molar-refractivity contribution is 0.0945. The van der Waals surface area contributed by atoms with Crippen LogP contribution in [-0.2, 0) is 0 Å². The SMILES string of the molecule is C#CCN(NC(=O)c1c(OCC)cc(C)nc1Br)c1ccc(O)cc1. The van der Waals surface area contributed by atoms with E-state index in [1.54, 1.807) is 18.2 Å². The van der Waals surface area contributed by atoms with Crippen molar-refractivity contribution in [3.8, 4) is 23.8 Å². The summed E-state index contributed by atoms with van der Waals surface area (Å²) >= 11 is 3.32. The van der Waals surface area contributed by atoms with Crippen molar-refractivity contribution < 1.29 is 14.6 Å². The number of rotatable bonds is 6. The van der Waals surface area contributed by atoms with Crippen molar-refractivity contribution in [2.45, 2.75) is 13.8 Å². The minimum Gasteiger partial charge on any atom is -0.508 e. The second-order valence-electron chi connectivity index (χ2n) is 5.11. The van der Waals surface area contributed by atoms with Gasteiger partial charge in [0.15, 0.2) is 0 Å². The molecule has 0 saturated heterocycles. The number of phenols is 1. The summed E-state index contributed by atoms with van der Waals surface area (Å²) in [5.41, 5.74) is 4.40. The van der Waals surface area contributed by atoms with Gasteiger partial charge in [-0.1, -0.05) is 5.92 Å². The first-order valence-corrected chi connectivity index (χ1v) is 8.36. The van der Waals surface area contributed by atoms with E-state index in [9.17, 15) is 9.90 Å². The number of hydrogen-bond donors (Lipinski definition) is 2. The highest BCUT2D eigenvalue weighted by Gasteiger charge is 2.21. The Bertz CT molecular complexity index is 800. The first kappa shape index (κ1) is 18.6. The molecule has 1 aromatic carbocycles. The van der Waals surface area contributed by atoms with E-state index in [1.165, 1.54) is 17.1 Å². The number of pyridine rings is 1. The first-order valence-electron chi connectivity index (χ1n) is 7.57. The molecule has 0 aliphatic carbocycles. The molecule has 1 aromatic heterocycles. The lowest BCUT2D eigenvalue weighted by Crippen LogP contribution is -2.43. The highest BCUT2D eigenvalue weighted by molar-refractivity contribution is 9.10. The topological polar surface area (TPSA) is 74.7 Å². The summed E-state index contributed by atoms with van der Waals surface area (Å²) < 4.78 is 5.95. The maximum Gasteiger partial charge on any atom is 0.276 e. The van der Waals surface area contributed by atoms with Crippen LogP contribution in [0, 0.1) is 19.3 Å². The van der Waals surface area contributed by atoms with Gasteiger partial charge in [0.1, 0.15) is 21.7 Å². The van der Waals surface area contributed by atoms with Crippen LogP contribution in [0.15, 0.2) is 34.9 Å². The molecule has 0 aliphatic heterocycles. The summed E-state index contributed by atoms with van der Waals surface area (Å²) in [5, 5.41) is 10.9.